The van der Waals surface area contributed by atoms with Crippen LogP contribution in [0.15, 0.2) is 38.5 Å². The summed E-state index contributed by atoms with van der Waals surface area (Å²) in [6.07, 6.45) is 1.21. The molecule has 1 aromatic heterocycles. The van der Waals surface area contributed by atoms with Crippen LogP contribution in [0.1, 0.15) is 18.1 Å². The van der Waals surface area contributed by atoms with Crippen LogP contribution in [0, 0.1) is 18.3 Å². The van der Waals surface area contributed by atoms with E-state index in [1.807, 2.05) is 13.0 Å². The maximum atomic E-state index is 12.2. The van der Waals surface area contributed by atoms with Gasteiger partial charge in [-0.15, -0.1) is 0 Å². The normalized spacial score (nSPS) is 10.2. The summed E-state index contributed by atoms with van der Waals surface area (Å²) in [7, 11) is 0. The second-order valence-electron chi connectivity index (χ2n) is 5.12. The first-order valence-electron chi connectivity index (χ1n) is 7.17. The van der Waals surface area contributed by atoms with Gasteiger partial charge in [-0.25, -0.2) is 9.36 Å². The smallest absolute Gasteiger partial charge is 0.324 e. The van der Waals surface area contributed by atoms with Crippen molar-refractivity contribution in [2.45, 2.75) is 26.9 Å². The Morgan fingerprint density at radius 1 is 1.38 bits per heavy atom. The van der Waals surface area contributed by atoms with Crippen LogP contribution >= 0.6 is 15.9 Å². The lowest BCUT2D eigenvalue weighted by Crippen LogP contribution is -2.43. The molecule has 24 heavy (non-hydrogen) atoms. The Kier molecular flexibility index (Phi) is 5.36. The van der Waals surface area contributed by atoms with E-state index in [1.54, 1.807) is 25.1 Å². The Balaban J connectivity index is 2.34. The Morgan fingerprint density at radius 3 is 2.67 bits per heavy atom. The van der Waals surface area contributed by atoms with E-state index in [1.165, 1.54) is 10.8 Å². The highest BCUT2D eigenvalue weighted by Gasteiger charge is 2.14. The lowest BCUT2D eigenvalue weighted by Gasteiger charge is -2.11. The van der Waals surface area contributed by atoms with E-state index in [0.717, 1.165) is 14.6 Å². The number of benzene rings is 1. The summed E-state index contributed by atoms with van der Waals surface area (Å²) >= 11 is 3.33. The van der Waals surface area contributed by atoms with Crippen molar-refractivity contribution in [1.29, 1.82) is 5.26 Å². The minimum absolute atomic E-state index is 0.177. The molecule has 0 atom stereocenters. The average Bonchev–Trinajstić information content (AvgIpc) is 2.54. The van der Waals surface area contributed by atoms with Crippen molar-refractivity contribution in [1.82, 2.24) is 9.13 Å². The molecule has 0 fully saturated rings. The number of nitrogens with zero attached hydrogens (tertiary/aromatic N) is 3. The van der Waals surface area contributed by atoms with Crippen LogP contribution in [0.25, 0.3) is 0 Å². The van der Waals surface area contributed by atoms with Gasteiger partial charge in [-0.1, -0.05) is 15.9 Å². The molecule has 0 bridgehead atoms. The number of halogens is 1. The summed E-state index contributed by atoms with van der Waals surface area (Å²) in [5.74, 6) is -0.516. The second-order valence-corrected chi connectivity index (χ2v) is 6.04. The summed E-state index contributed by atoms with van der Waals surface area (Å²) in [5, 5.41) is 11.7. The highest BCUT2D eigenvalue weighted by Crippen LogP contribution is 2.19. The lowest BCUT2D eigenvalue weighted by atomic mass is 10.2. The number of anilines is 1. The van der Waals surface area contributed by atoms with Gasteiger partial charge in [0.05, 0.1) is 0 Å². The first-order valence-corrected chi connectivity index (χ1v) is 7.97. The first kappa shape index (κ1) is 17.7. The molecule has 124 valence electrons. The quantitative estimate of drug-likeness (QED) is 0.857. The highest BCUT2D eigenvalue weighted by molar-refractivity contribution is 9.10. The zero-order chi connectivity index (χ0) is 17.9. The molecule has 0 aliphatic rings. The van der Waals surface area contributed by atoms with Gasteiger partial charge in [0, 0.05) is 22.9 Å². The largest absolute Gasteiger partial charge is 0.331 e. The molecular formula is C16H15BrN4O3. The molecule has 0 saturated heterocycles. The number of carbonyl (C=O) groups excluding carboxylic acids is 1. The minimum atomic E-state index is -0.769. The van der Waals surface area contributed by atoms with Crippen LogP contribution in [0.5, 0.6) is 0 Å². The first-order chi connectivity index (χ1) is 11.4. The van der Waals surface area contributed by atoms with Crippen molar-refractivity contribution in [2.24, 2.45) is 0 Å². The van der Waals surface area contributed by atoms with Crippen molar-refractivity contribution in [3.8, 4) is 6.07 Å². The van der Waals surface area contributed by atoms with Crippen LogP contribution < -0.4 is 16.6 Å². The minimum Gasteiger partial charge on any atom is -0.324 e. The summed E-state index contributed by atoms with van der Waals surface area (Å²) in [4.78, 5) is 36.6. The Hall–Kier alpha value is -2.66. The number of carbonyl (C=O) groups is 1. The standard InChI is InChI=1S/C16H15BrN4O3/c1-3-20-8-11(7-18)15(23)21(16(20)24)9-14(22)19-13-5-4-12(17)6-10(13)2/h4-6,8H,3,9H2,1-2H3,(H,19,22). The van der Waals surface area contributed by atoms with E-state index in [2.05, 4.69) is 21.2 Å². The number of amides is 1. The van der Waals surface area contributed by atoms with Crippen LogP contribution in [-0.2, 0) is 17.9 Å². The molecule has 0 unspecified atom stereocenters. The van der Waals surface area contributed by atoms with Crippen molar-refractivity contribution in [3.63, 3.8) is 0 Å². The number of hydrogen-bond acceptors (Lipinski definition) is 4. The molecule has 2 aromatic rings. The Morgan fingerprint density at radius 2 is 2.08 bits per heavy atom. The van der Waals surface area contributed by atoms with Gasteiger partial charge >= 0.3 is 5.69 Å². The summed E-state index contributed by atoms with van der Waals surface area (Å²) in [5.41, 5.74) is -0.145. The van der Waals surface area contributed by atoms with E-state index in [-0.39, 0.29) is 5.56 Å². The molecule has 1 amide bonds. The molecule has 8 heteroatoms. The van der Waals surface area contributed by atoms with Gasteiger partial charge in [0.15, 0.2) is 0 Å². The lowest BCUT2D eigenvalue weighted by molar-refractivity contribution is -0.116. The maximum absolute atomic E-state index is 12.2. The zero-order valence-corrected chi connectivity index (χ0v) is 14.8. The van der Waals surface area contributed by atoms with E-state index < -0.39 is 23.7 Å². The van der Waals surface area contributed by atoms with Gasteiger partial charge in [0.25, 0.3) is 5.56 Å². The van der Waals surface area contributed by atoms with Gasteiger partial charge in [0.1, 0.15) is 18.2 Å². The van der Waals surface area contributed by atoms with Crippen LogP contribution in [0.4, 0.5) is 5.69 Å². The number of hydrogen-bond donors (Lipinski definition) is 1. The van der Waals surface area contributed by atoms with E-state index in [9.17, 15) is 14.4 Å². The maximum Gasteiger partial charge on any atom is 0.331 e. The topological polar surface area (TPSA) is 96.9 Å². The monoisotopic (exact) mass is 390 g/mol. The van der Waals surface area contributed by atoms with E-state index in [4.69, 9.17) is 5.26 Å². The fourth-order valence-electron chi connectivity index (χ4n) is 2.20. The summed E-state index contributed by atoms with van der Waals surface area (Å²) in [6.45, 7) is 3.37. The summed E-state index contributed by atoms with van der Waals surface area (Å²) < 4.78 is 2.87. The highest BCUT2D eigenvalue weighted by atomic mass is 79.9. The molecule has 0 aliphatic heterocycles. The number of aryl methyl sites for hydroxylation is 2. The fourth-order valence-corrected chi connectivity index (χ4v) is 2.67. The SMILES string of the molecule is CCn1cc(C#N)c(=O)n(CC(=O)Nc2ccc(Br)cc2C)c1=O. The van der Waals surface area contributed by atoms with Gasteiger partial charge in [-0.05, 0) is 37.6 Å². The molecule has 0 spiro atoms. The van der Waals surface area contributed by atoms with Crippen molar-refractivity contribution >= 4 is 27.5 Å². The van der Waals surface area contributed by atoms with Gasteiger partial charge in [-0.2, -0.15) is 5.26 Å². The van der Waals surface area contributed by atoms with Gasteiger partial charge in [-0.3, -0.25) is 14.2 Å². The number of nitrogens with one attached hydrogen (secondary N) is 1. The van der Waals surface area contributed by atoms with Crippen molar-refractivity contribution < 1.29 is 4.79 Å². The molecule has 1 N–H and O–H groups in total. The molecule has 1 aromatic carbocycles. The van der Waals surface area contributed by atoms with Crippen LogP contribution in [0.2, 0.25) is 0 Å². The Labute approximate surface area is 146 Å². The second kappa shape index (κ2) is 7.27. The van der Waals surface area contributed by atoms with E-state index in [0.29, 0.717) is 12.2 Å². The predicted octanol–water partition coefficient (Wildman–Crippen LogP) is 1.61. The predicted molar refractivity (Wildman–Crippen MR) is 92.9 cm³/mol. The molecular weight excluding hydrogens is 376 g/mol. The molecule has 2 rings (SSSR count). The third-order valence-electron chi connectivity index (χ3n) is 3.46. The number of nitriles is 1. The number of aromatic nitrogens is 2. The number of rotatable bonds is 4. The molecule has 1 heterocycles. The third-order valence-corrected chi connectivity index (χ3v) is 3.96. The van der Waals surface area contributed by atoms with Crippen molar-refractivity contribution in [3.05, 3.63) is 60.8 Å². The van der Waals surface area contributed by atoms with Crippen LogP contribution in [-0.4, -0.2) is 15.0 Å². The van der Waals surface area contributed by atoms with Crippen molar-refractivity contribution in [2.75, 3.05) is 5.32 Å². The van der Waals surface area contributed by atoms with Gasteiger partial charge < -0.3 is 5.32 Å². The zero-order valence-electron chi connectivity index (χ0n) is 13.2. The van der Waals surface area contributed by atoms with E-state index >= 15 is 0 Å². The Bertz CT molecular complexity index is 953. The fraction of sp³-hybridized carbons (Fsp3) is 0.250. The molecule has 0 radical (unpaired) electrons. The van der Waals surface area contributed by atoms with Gasteiger partial charge in [0.2, 0.25) is 5.91 Å². The molecule has 0 saturated carbocycles. The molecule has 7 nitrogen and oxygen atoms in total. The molecule has 0 aliphatic carbocycles. The summed E-state index contributed by atoms with van der Waals surface area (Å²) in [6, 6.07) is 7.07. The third kappa shape index (κ3) is 3.63. The average molecular weight is 391 g/mol. The van der Waals surface area contributed by atoms with Crippen LogP contribution in [0.3, 0.4) is 0 Å².